The Balaban J connectivity index is 1.93. The monoisotopic (exact) mass is 342 g/mol. The molecular formula is C15H19FN2O4S. The summed E-state index contributed by atoms with van der Waals surface area (Å²) in [5, 5.41) is 2.59. The molecule has 0 radical (unpaired) electrons. The third-order valence-electron chi connectivity index (χ3n) is 3.65. The van der Waals surface area contributed by atoms with Gasteiger partial charge in [-0.05, 0) is 37.1 Å². The average molecular weight is 342 g/mol. The van der Waals surface area contributed by atoms with E-state index < -0.39 is 27.7 Å². The van der Waals surface area contributed by atoms with Crippen molar-refractivity contribution in [2.75, 3.05) is 12.3 Å². The average Bonchev–Trinajstić information content (AvgIpc) is 2.75. The summed E-state index contributed by atoms with van der Waals surface area (Å²) in [6.07, 6.45) is 1.47. The molecule has 2 rings (SSSR count). The molecule has 0 bridgehead atoms. The van der Waals surface area contributed by atoms with Crippen molar-refractivity contribution in [2.45, 2.75) is 37.1 Å². The number of urea groups is 1. The second-order valence-electron chi connectivity index (χ2n) is 5.41. The zero-order valence-corrected chi connectivity index (χ0v) is 13.6. The first-order valence-electron chi connectivity index (χ1n) is 7.45. The van der Waals surface area contributed by atoms with Gasteiger partial charge in [-0.1, -0.05) is 13.3 Å². The van der Waals surface area contributed by atoms with Crippen LogP contribution in [0.25, 0.3) is 0 Å². The normalized spacial score (nSPS) is 18.3. The lowest BCUT2D eigenvalue weighted by atomic mass is 10.2. The van der Waals surface area contributed by atoms with Crippen LogP contribution in [-0.4, -0.2) is 43.6 Å². The molecule has 1 aliphatic heterocycles. The molecule has 8 heteroatoms. The molecule has 23 heavy (non-hydrogen) atoms. The largest absolute Gasteiger partial charge is 0.326 e. The molecule has 1 aromatic rings. The van der Waals surface area contributed by atoms with Crippen LogP contribution in [0.5, 0.6) is 0 Å². The fourth-order valence-corrected chi connectivity index (χ4v) is 3.74. The lowest BCUT2D eigenvalue weighted by molar-refractivity contribution is -0.127. The molecule has 1 fully saturated rings. The zero-order chi connectivity index (χ0) is 17.0. The Morgan fingerprint density at radius 3 is 2.48 bits per heavy atom. The van der Waals surface area contributed by atoms with Gasteiger partial charge >= 0.3 is 6.03 Å². The lowest BCUT2D eigenvalue weighted by Crippen LogP contribution is -2.33. The number of hydrogen-bond acceptors (Lipinski definition) is 4. The van der Waals surface area contributed by atoms with Crippen LogP contribution >= 0.6 is 0 Å². The summed E-state index contributed by atoms with van der Waals surface area (Å²) >= 11 is 0. The third-order valence-corrected chi connectivity index (χ3v) is 5.47. The molecule has 1 N–H and O–H groups in total. The van der Waals surface area contributed by atoms with Crippen LogP contribution in [0.3, 0.4) is 0 Å². The predicted octanol–water partition coefficient (Wildman–Crippen LogP) is 1.71. The number of carbonyl (C=O) groups is 2. The molecule has 0 aliphatic carbocycles. The van der Waals surface area contributed by atoms with Gasteiger partial charge in [0.2, 0.25) is 0 Å². The van der Waals surface area contributed by atoms with Crippen molar-refractivity contribution in [3.63, 3.8) is 0 Å². The number of hydrogen-bond donors (Lipinski definition) is 1. The van der Waals surface area contributed by atoms with Gasteiger partial charge in [0.1, 0.15) is 11.9 Å². The van der Waals surface area contributed by atoms with Crippen molar-refractivity contribution >= 4 is 21.8 Å². The quantitative estimate of drug-likeness (QED) is 0.604. The number of imide groups is 1. The summed E-state index contributed by atoms with van der Waals surface area (Å²) in [5.41, 5.74) is 0. The number of halogens is 1. The van der Waals surface area contributed by atoms with Crippen LogP contribution in [0.1, 0.15) is 26.2 Å². The summed E-state index contributed by atoms with van der Waals surface area (Å²) in [6, 6.07) is 3.58. The summed E-state index contributed by atoms with van der Waals surface area (Å²) < 4.78 is 37.1. The molecule has 1 saturated heterocycles. The molecule has 6 nitrogen and oxygen atoms in total. The van der Waals surface area contributed by atoms with Gasteiger partial charge in [-0.25, -0.2) is 17.6 Å². The maximum absolute atomic E-state index is 12.8. The number of nitrogens with zero attached hydrogens (tertiary/aromatic N) is 1. The molecule has 3 amide bonds. The van der Waals surface area contributed by atoms with E-state index in [1.807, 2.05) is 6.92 Å². The highest BCUT2D eigenvalue weighted by molar-refractivity contribution is 7.91. The molecule has 1 aromatic carbocycles. The Kier molecular flexibility index (Phi) is 5.35. The van der Waals surface area contributed by atoms with E-state index in [9.17, 15) is 22.4 Å². The highest BCUT2D eigenvalue weighted by atomic mass is 32.2. The molecular weight excluding hydrogens is 323 g/mol. The molecule has 0 saturated carbocycles. The van der Waals surface area contributed by atoms with Gasteiger partial charge in [0.15, 0.2) is 9.84 Å². The van der Waals surface area contributed by atoms with Gasteiger partial charge in [-0.3, -0.25) is 9.69 Å². The van der Waals surface area contributed by atoms with Gasteiger partial charge < -0.3 is 5.32 Å². The van der Waals surface area contributed by atoms with Gasteiger partial charge in [0.05, 0.1) is 10.6 Å². The van der Waals surface area contributed by atoms with Gasteiger partial charge in [-0.2, -0.15) is 0 Å². The minimum atomic E-state index is -3.56. The van der Waals surface area contributed by atoms with E-state index in [4.69, 9.17) is 0 Å². The van der Waals surface area contributed by atoms with Gasteiger partial charge in [0.25, 0.3) is 5.91 Å². The molecule has 1 aliphatic rings. The number of carbonyl (C=O) groups excluding carboxylic acids is 2. The molecule has 1 atom stereocenters. The summed E-state index contributed by atoms with van der Waals surface area (Å²) in [5.74, 6) is -1.03. The highest BCUT2D eigenvalue weighted by Gasteiger charge is 2.36. The summed E-state index contributed by atoms with van der Waals surface area (Å²) in [7, 11) is -3.56. The van der Waals surface area contributed by atoms with Crippen molar-refractivity contribution in [2.24, 2.45) is 0 Å². The Morgan fingerprint density at radius 1 is 1.22 bits per heavy atom. The number of benzene rings is 1. The van der Waals surface area contributed by atoms with E-state index in [0.717, 1.165) is 23.5 Å². The maximum atomic E-state index is 12.8. The van der Waals surface area contributed by atoms with Crippen LogP contribution in [-0.2, 0) is 14.6 Å². The van der Waals surface area contributed by atoms with E-state index in [1.54, 1.807) is 0 Å². The van der Waals surface area contributed by atoms with E-state index in [0.29, 0.717) is 6.42 Å². The smallest absolute Gasteiger partial charge is 0.324 e. The Bertz CT molecular complexity index is 688. The molecule has 1 unspecified atom stereocenters. The van der Waals surface area contributed by atoms with Crippen LogP contribution < -0.4 is 5.32 Å². The second kappa shape index (κ2) is 7.08. The molecule has 0 aromatic heterocycles. The number of rotatable bonds is 7. The SMILES string of the molecule is CCCC1NC(=O)N(CCCS(=O)(=O)c2ccc(F)cc2)C1=O. The summed E-state index contributed by atoms with van der Waals surface area (Å²) in [6.45, 7) is 1.96. The Morgan fingerprint density at radius 2 is 1.87 bits per heavy atom. The Labute approximate surface area is 134 Å². The second-order valence-corrected chi connectivity index (χ2v) is 7.52. The van der Waals surface area contributed by atoms with Crippen LogP contribution in [0, 0.1) is 5.82 Å². The predicted molar refractivity (Wildman–Crippen MR) is 82.0 cm³/mol. The van der Waals surface area contributed by atoms with Crippen LogP contribution in [0.2, 0.25) is 0 Å². The van der Waals surface area contributed by atoms with Crippen molar-refractivity contribution < 1.29 is 22.4 Å². The van der Waals surface area contributed by atoms with Crippen molar-refractivity contribution in [1.29, 1.82) is 0 Å². The molecule has 0 spiro atoms. The third kappa shape index (κ3) is 4.07. The van der Waals surface area contributed by atoms with Crippen molar-refractivity contribution in [3.8, 4) is 0 Å². The zero-order valence-electron chi connectivity index (χ0n) is 12.8. The summed E-state index contributed by atoms with van der Waals surface area (Å²) in [4.78, 5) is 24.8. The topological polar surface area (TPSA) is 83.6 Å². The first-order valence-corrected chi connectivity index (χ1v) is 9.10. The van der Waals surface area contributed by atoms with E-state index in [1.165, 1.54) is 12.1 Å². The van der Waals surface area contributed by atoms with E-state index in [-0.39, 0.29) is 29.5 Å². The molecule has 1 heterocycles. The minimum absolute atomic E-state index is 0.0277. The first kappa shape index (κ1) is 17.4. The van der Waals surface area contributed by atoms with Gasteiger partial charge in [-0.15, -0.1) is 0 Å². The van der Waals surface area contributed by atoms with Crippen LogP contribution in [0.15, 0.2) is 29.2 Å². The first-order chi connectivity index (χ1) is 10.8. The highest BCUT2D eigenvalue weighted by Crippen LogP contribution is 2.15. The minimum Gasteiger partial charge on any atom is -0.326 e. The van der Waals surface area contributed by atoms with E-state index >= 15 is 0 Å². The fourth-order valence-electron chi connectivity index (χ4n) is 2.45. The van der Waals surface area contributed by atoms with Crippen LogP contribution in [0.4, 0.5) is 9.18 Å². The lowest BCUT2D eigenvalue weighted by Gasteiger charge is -2.13. The van der Waals surface area contributed by atoms with Crippen molar-refractivity contribution in [3.05, 3.63) is 30.1 Å². The number of nitrogens with one attached hydrogen (secondary N) is 1. The van der Waals surface area contributed by atoms with E-state index in [2.05, 4.69) is 5.32 Å². The maximum Gasteiger partial charge on any atom is 0.324 e. The number of amides is 3. The fraction of sp³-hybridized carbons (Fsp3) is 0.467. The Hall–Kier alpha value is -1.96. The number of sulfone groups is 1. The van der Waals surface area contributed by atoms with Crippen molar-refractivity contribution in [1.82, 2.24) is 10.2 Å². The molecule has 126 valence electrons. The standard InChI is InChI=1S/C15H19FN2O4S/c1-2-4-13-14(19)18(15(20)17-13)9-3-10-23(21,22)12-7-5-11(16)6-8-12/h5-8,13H,2-4,9-10H2,1H3,(H,17,20). The van der Waals surface area contributed by atoms with Gasteiger partial charge in [0, 0.05) is 6.54 Å².